The van der Waals surface area contributed by atoms with Gasteiger partial charge in [-0.05, 0) is 19.1 Å². The van der Waals surface area contributed by atoms with Gasteiger partial charge >= 0.3 is 5.97 Å². The summed E-state index contributed by atoms with van der Waals surface area (Å²) < 4.78 is 9.77. The van der Waals surface area contributed by atoms with Crippen molar-refractivity contribution in [3.05, 3.63) is 35.4 Å². The van der Waals surface area contributed by atoms with Gasteiger partial charge in [-0.3, -0.25) is 0 Å². The predicted molar refractivity (Wildman–Crippen MR) is 58.7 cm³/mol. The van der Waals surface area contributed by atoms with Crippen LogP contribution in [0.25, 0.3) is 6.08 Å². The highest BCUT2D eigenvalue weighted by Crippen LogP contribution is 2.20. The third-order valence-corrected chi connectivity index (χ3v) is 2.02. The average molecular weight is 206 g/mol. The van der Waals surface area contributed by atoms with Crippen LogP contribution in [0.15, 0.2) is 29.8 Å². The molecule has 0 amide bonds. The minimum absolute atomic E-state index is 0.332. The molecule has 0 saturated heterocycles. The fourth-order valence-corrected chi connectivity index (χ4v) is 1.24. The quantitative estimate of drug-likeness (QED) is 0.562. The van der Waals surface area contributed by atoms with Crippen LogP contribution in [-0.2, 0) is 9.53 Å². The number of hydrogen-bond acceptors (Lipinski definition) is 3. The van der Waals surface area contributed by atoms with E-state index >= 15 is 0 Å². The second-order valence-corrected chi connectivity index (χ2v) is 3.06. The third-order valence-electron chi connectivity index (χ3n) is 2.02. The summed E-state index contributed by atoms with van der Waals surface area (Å²) in [5.74, 6) is 0.404. The zero-order valence-electron chi connectivity index (χ0n) is 9.11. The van der Waals surface area contributed by atoms with E-state index in [0.29, 0.717) is 5.57 Å². The summed E-state index contributed by atoms with van der Waals surface area (Å²) in [5, 5.41) is 0. The van der Waals surface area contributed by atoms with E-state index in [4.69, 9.17) is 4.74 Å². The number of methoxy groups -OCH3 is 2. The van der Waals surface area contributed by atoms with Crippen molar-refractivity contribution < 1.29 is 14.3 Å². The van der Waals surface area contributed by atoms with Gasteiger partial charge in [0.05, 0.1) is 14.2 Å². The SMILES string of the molecule is COC(=O)/C(C)=C\c1ccccc1OC. The summed E-state index contributed by atoms with van der Waals surface area (Å²) in [6, 6.07) is 7.49. The number of hydrogen-bond donors (Lipinski definition) is 0. The number of carbonyl (C=O) groups excluding carboxylic acids is 1. The molecule has 0 aliphatic heterocycles. The van der Waals surface area contributed by atoms with Crippen LogP contribution in [0.1, 0.15) is 12.5 Å². The Kier molecular flexibility index (Phi) is 3.92. The molecular formula is C12H14O3. The van der Waals surface area contributed by atoms with Crippen molar-refractivity contribution in [1.29, 1.82) is 0 Å². The van der Waals surface area contributed by atoms with E-state index < -0.39 is 0 Å². The Labute approximate surface area is 89.3 Å². The van der Waals surface area contributed by atoms with Crippen molar-refractivity contribution in [1.82, 2.24) is 0 Å². The van der Waals surface area contributed by atoms with Crippen LogP contribution >= 0.6 is 0 Å². The largest absolute Gasteiger partial charge is 0.496 e. The third kappa shape index (κ3) is 2.84. The lowest BCUT2D eigenvalue weighted by atomic mass is 10.1. The molecule has 3 heteroatoms. The Morgan fingerprint density at radius 1 is 1.27 bits per heavy atom. The molecule has 1 rings (SSSR count). The van der Waals surface area contributed by atoms with Gasteiger partial charge in [-0.1, -0.05) is 18.2 Å². The molecule has 15 heavy (non-hydrogen) atoms. The number of benzene rings is 1. The molecule has 0 atom stereocenters. The number of esters is 1. The molecule has 3 nitrogen and oxygen atoms in total. The lowest BCUT2D eigenvalue weighted by Crippen LogP contribution is -2.01. The second kappa shape index (κ2) is 5.20. The molecule has 0 saturated carbocycles. The highest BCUT2D eigenvalue weighted by atomic mass is 16.5. The van der Waals surface area contributed by atoms with Crippen molar-refractivity contribution in [2.75, 3.05) is 14.2 Å². The first-order valence-electron chi connectivity index (χ1n) is 4.58. The molecule has 0 unspecified atom stereocenters. The van der Waals surface area contributed by atoms with Crippen LogP contribution in [0.5, 0.6) is 5.75 Å². The molecule has 0 heterocycles. The average Bonchev–Trinajstić information content (AvgIpc) is 2.28. The van der Waals surface area contributed by atoms with Gasteiger partial charge < -0.3 is 9.47 Å². The molecule has 1 aromatic rings. The maximum absolute atomic E-state index is 11.2. The first-order valence-corrected chi connectivity index (χ1v) is 4.58. The maximum atomic E-state index is 11.2. The normalized spacial score (nSPS) is 11.0. The zero-order chi connectivity index (χ0) is 11.3. The van der Waals surface area contributed by atoms with Gasteiger partial charge in [-0.15, -0.1) is 0 Å². The van der Waals surface area contributed by atoms with Gasteiger partial charge in [-0.2, -0.15) is 0 Å². The Morgan fingerprint density at radius 2 is 1.93 bits per heavy atom. The van der Waals surface area contributed by atoms with Crippen molar-refractivity contribution >= 4 is 12.0 Å². The second-order valence-electron chi connectivity index (χ2n) is 3.06. The summed E-state index contributed by atoms with van der Waals surface area (Å²) in [5.41, 5.74) is 1.41. The number of carbonyl (C=O) groups is 1. The molecule has 0 radical (unpaired) electrons. The van der Waals surface area contributed by atoms with Gasteiger partial charge in [0.25, 0.3) is 0 Å². The van der Waals surface area contributed by atoms with Crippen molar-refractivity contribution in [2.45, 2.75) is 6.92 Å². The van der Waals surface area contributed by atoms with Crippen molar-refractivity contribution in [3.8, 4) is 5.75 Å². The monoisotopic (exact) mass is 206 g/mol. The van der Waals surface area contributed by atoms with Crippen molar-refractivity contribution in [3.63, 3.8) is 0 Å². The molecular weight excluding hydrogens is 192 g/mol. The fourth-order valence-electron chi connectivity index (χ4n) is 1.24. The highest BCUT2D eigenvalue weighted by molar-refractivity contribution is 5.93. The van der Waals surface area contributed by atoms with Crippen LogP contribution in [-0.4, -0.2) is 20.2 Å². The van der Waals surface area contributed by atoms with E-state index in [0.717, 1.165) is 11.3 Å². The van der Waals surface area contributed by atoms with E-state index in [2.05, 4.69) is 4.74 Å². The van der Waals surface area contributed by atoms with Gasteiger partial charge in [0, 0.05) is 11.1 Å². The molecule has 0 N–H and O–H groups in total. The van der Waals surface area contributed by atoms with Crippen molar-refractivity contribution in [2.24, 2.45) is 0 Å². The Balaban J connectivity index is 3.02. The number of para-hydroxylation sites is 1. The Bertz CT molecular complexity index is 380. The minimum Gasteiger partial charge on any atom is -0.496 e. The van der Waals surface area contributed by atoms with Crippen LogP contribution in [0, 0.1) is 0 Å². The molecule has 0 spiro atoms. The van der Waals surface area contributed by atoms with Gasteiger partial charge in [0.1, 0.15) is 5.75 Å². The highest BCUT2D eigenvalue weighted by Gasteiger charge is 2.05. The summed E-state index contributed by atoms with van der Waals surface area (Å²) in [7, 11) is 2.96. The molecule has 0 aliphatic rings. The van der Waals surface area contributed by atoms with Gasteiger partial charge in [0.15, 0.2) is 0 Å². The van der Waals surface area contributed by atoms with E-state index in [9.17, 15) is 4.79 Å². The zero-order valence-corrected chi connectivity index (χ0v) is 9.11. The first-order chi connectivity index (χ1) is 7.19. The molecule has 0 aromatic heterocycles. The van der Waals surface area contributed by atoms with Crippen LogP contribution < -0.4 is 4.74 Å². The minimum atomic E-state index is -0.332. The predicted octanol–water partition coefficient (Wildman–Crippen LogP) is 2.27. The van der Waals surface area contributed by atoms with E-state index in [1.807, 2.05) is 24.3 Å². The van der Waals surface area contributed by atoms with E-state index in [1.54, 1.807) is 20.1 Å². The standard InChI is InChI=1S/C12H14O3/c1-9(12(13)15-3)8-10-6-4-5-7-11(10)14-2/h4-8H,1-3H3/b9-8-. The molecule has 0 aliphatic carbocycles. The van der Waals surface area contributed by atoms with Gasteiger partial charge in [-0.25, -0.2) is 4.79 Å². The molecule has 1 aromatic carbocycles. The number of ether oxygens (including phenoxy) is 2. The van der Waals surface area contributed by atoms with Gasteiger partial charge in [0.2, 0.25) is 0 Å². The summed E-state index contributed by atoms with van der Waals surface area (Å²) in [4.78, 5) is 11.2. The molecule has 80 valence electrons. The molecule has 0 bridgehead atoms. The Hall–Kier alpha value is -1.77. The lowest BCUT2D eigenvalue weighted by Gasteiger charge is -2.04. The van der Waals surface area contributed by atoms with Crippen LogP contribution in [0.2, 0.25) is 0 Å². The first kappa shape index (κ1) is 11.3. The maximum Gasteiger partial charge on any atom is 0.333 e. The molecule has 0 fully saturated rings. The summed E-state index contributed by atoms with van der Waals surface area (Å²) in [6.07, 6.45) is 1.74. The van der Waals surface area contributed by atoms with Crippen LogP contribution in [0.4, 0.5) is 0 Å². The smallest absolute Gasteiger partial charge is 0.333 e. The summed E-state index contributed by atoms with van der Waals surface area (Å²) >= 11 is 0. The number of rotatable bonds is 3. The summed E-state index contributed by atoms with van der Waals surface area (Å²) in [6.45, 7) is 1.71. The van der Waals surface area contributed by atoms with E-state index in [-0.39, 0.29) is 5.97 Å². The van der Waals surface area contributed by atoms with E-state index in [1.165, 1.54) is 7.11 Å². The lowest BCUT2D eigenvalue weighted by molar-refractivity contribution is -0.135. The Morgan fingerprint density at radius 3 is 2.53 bits per heavy atom. The van der Waals surface area contributed by atoms with Crippen LogP contribution in [0.3, 0.4) is 0 Å². The fraction of sp³-hybridized carbons (Fsp3) is 0.250. The topological polar surface area (TPSA) is 35.5 Å².